The fraction of sp³-hybridized carbons (Fsp3) is 0.684. The minimum atomic E-state index is -0.782. The number of halogens is 2. The van der Waals surface area contributed by atoms with Gasteiger partial charge in [0.1, 0.15) is 0 Å². The fourth-order valence-electron chi connectivity index (χ4n) is 3.71. The van der Waals surface area contributed by atoms with Crippen molar-refractivity contribution in [1.29, 1.82) is 0 Å². The van der Waals surface area contributed by atoms with Gasteiger partial charge in [0.05, 0.1) is 6.10 Å². The van der Waals surface area contributed by atoms with Crippen LogP contribution in [0.1, 0.15) is 44.9 Å². The van der Waals surface area contributed by atoms with E-state index in [0.717, 1.165) is 51.2 Å². The lowest BCUT2D eigenvalue weighted by atomic mass is 10.0. The predicted molar refractivity (Wildman–Crippen MR) is 92.4 cm³/mol. The zero-order chi connectivity index (χ0) is 16.8. The Balaban J connectivity index is 1.31. The van der Waals surface area contributed by atoms with Crippen LogP contribution in [0.3, 0.4) is 0 Å². The van der Waals surface area contributed by atoms with Gasteiger partial charge in [-0.1, -0.05) is 12.8 Å². The van der Waals surface area contributed by atoms with Gasteiger partial charge >= 0.3 is 0 Å². The number of rotatable bonds is 7. The maximum atomic E-state index is 13.3. The monoisotopic (exact) mass is 338 g/mol. The number of ether oxygens (including phenoxy) is 1. The summed E-state index contributed by atoms with van der Waals surface area (Å²) in [6.45, 7) is 3.59. The van der Waals surface area contributed by atoms with Crippen LogP contribution >= 0.6 is 0 Å². The number of anilines is 1. The zero-order valence-corrected chi connectivity index (χ0v) is 14.3. The zero-order valence-electron chi connectivity index (χ0n) is 14.3. The lowest BCUT2D eigenvalue weighted by molar-refractivity contribution is 0.0565. The molecular weight excluding hydrogens is 310 g/mol. The van der Waals surface area contributed by atoms with E-state index in [2.05, 4.69) is 10.2 Å². The first-order valence-corrected chi connectivity index (χ1v) is 9.27. The summed E-state index contributed by atoms with van der Waals surface area (Å²) >= 11 is 0. The fourth-order valence-corrected chi connectivity index (χ4v) is 3.71. The molecule has 1 aliphatic carbocycles. The van der Waals surface area contributed by atoms with Crippen molar-refractivity contribution >= 4 is 5.69 Å². The van der Waals surface area contributed by atoms with Crippen LogP contribution in [0.25, 0.3) is 0 Å². The Morgan fingerprint density at radius 3 is 2.50 bits per heavy atom. The van der Waals surface area contributed by atoms with Crippen LogP contribution in [0.5, 0.6) is 0 Å². The van der Waals surface area contributed by atoms with Crippen molar-refractivity contribution in [2.45, 2.75) is 57.1 Å². The van der Waals surface area contributed by atoms with E-state index in [4.69, 9.17) is 4.74 Å². The van der Waals surface area contributed by atoms with Gasteiger partial charge in [-0.15, -0.1) is 0 Å². The largest absolute Gasteiger partial charge is 0.378 e. The van der Waals surface area contributed by atoms with Crippen molar-refractivity contribution in [1.82, 2.24) is 5.32 Å². The van der Waals surface area contributed by atoms with Gasteiger partial charge in [0.25, 0.3) is 0 Å². The van der Waals surface area contributed by atoms with E-state index in [0.29, 0.717) is 12.1 Å². The highest BCUT2D eigenvalue weighted by molar-refractivity contribution is 5.47. The van der Waals surface area contributed by atoms with Crippen molar-refractivity contribution in [3.8, 4) is 0 Å². The molecule has 0 aromatic heterocycles. The van der Waals surface area contributed by atoms with E-state index in [1.807, 2.05) is 0 Å². The molecule has 3 nitrogen and oxygen atoms in total. The van der Waals surface area contributed by atoms with Gasteiger partial charge in [-0.2, -0.15) is 0 Å². The predicted octanol–water partition coefficient (Wildman–Crippen LogP) is 3.87. The number of hydrogen-bond acceptors (Lipinski definition) is 3. The van der Waals surface area contributed by atoms with Gasteiger partial charge in [-0.25, -0.2) is 8.78 Å². The lowest BCUT2D eigenvalue weighted by Gasteiger charge is -2.34. The molecule has 1 aromatic carbocycles. The molecule has 0 amide bonds. The molecule has 5 heteroatoms. The van der Waals surface area contributed by atoms with Crippen LogP contribution in [0.2, 0.25) is 0 Å². The molecule has 1 aliphatic heterocycles. The Bertz CT molecular complexity index is 512. The van der Waals surface area contributed by atoms with E-state index in [1.54, 1.807) is 6.07 Å². The van der Waals surface area contributed by atoms with Crippen LogP contribution in [0.4, 0.5) is 14.5 Å². The SMILES string of the molecule is Fc1ccc(N2CCC(NCCCOC3CCCC3)CC2)cc1F. The number of nitrogens with one attached hydrogen (secondary N) is 1. The average molecular weight is 338 g/mol. The van der Waals surface area contributed by atoms with E-state index < -0.39 is 11.6 Å². The van der Waals surface area contributed by atoms with Crippen molar-refractivity contribution in [2.75, 3.05) is 31.1 Å². The summed E-state index contributed by atoms with van der Waals surface area (Å²) < 4.78 is 32.2. The van der Waals surface area contributed by atoms with Crippen molar-refractivity contribution in [3.05, 3.63) is 29.8 Å². The van der Waals surface area contributed by atoms with Gasteiger partial charge in [-0.05, 0) is 50.8 Å². The van der Waals surface area contributed by atoms with Crippen molar-refractivity contribution < 1.29 is 13.5 Å². The second-order valence-electron chi connectivity index (χ2n) is 6.94. The third kappa shape index (κ3) is 4.90. The van der Waals surface area contributed by atoms with Crippen LogP contribution < -0.4 is 10.2 Å². The van der Waals surface area contributed by atoms with E-state index in [-0.39, 0.29) is 0 Å². The van der Waals surface area contributed by atoms with Gasteiger partial charge < -0.3 is 15.0 Å². The Kier molecular flexibility index (Phi) is 6.44. The molecule has 0 spiro atoms. The first-order chi connectivity index (χ1) is 11.7. The first-order valence-electron chi connectivity index (χ1n) is 9.27. The van der Waals surface area contributed by atoms with Gasteiger partial charge in [0.2, 0.25) is 0 Å². The Morgan fingerprint density at radius 2 is 1.79 bits per heavy atom. The summed E-state index contributed by atoms with van der Waals surface area (Å²) in [6, 6.07) is 4.67. The van der Waals surface area contributed by atoms with E-state index in [9.17, 15) is 8.78 Å². The number of nitrogens with zero attached hydrogens (tertiary/aromatic N) is 1. The molecular formula is C19H28F2N2O. The second kappa shape index (κ2) is 8.77. The van der Waals surface area contributed by atoms with E-state index >= 15 is 0 Å². The summed E-state index contributed by atoms with van der Waals surface area (Å²) in [7, 11) is 0. The molecule has 0 radical (unpaired) electrons. The number of hydrogen-bond donors (Lipinski definition) is 1. The minimum absolute atomic E-state index is 0.504. The molecule has 1 N–H and O–H groups in total. The maximum Gasteiger partial charge on any atom is 0.160 e. The minimum Gasteiger partial charge on any atom is -0.378 e. The molecule has 0 bridgehead atoms. The molecule has 1 aromatic rings. The smallest absolute Gasteiger partial charge is 0.160 e. The van der Waals surface area contributed by atoms with Crippen LogP contribution in [0, 0.1) is 11.6 Å². The Labute approximate surface area is 143 Å². The summed E-state index contributed by atoms with van der Waals surface area (Å²) in [4.78, 5) is 2.13. The molecule has 3 rings (SSSR count). The molecule has 2 fully saturated rings. The number of benzene rings is 1. The van der Waals surface area contributed by atoms with Crippen LogP contribution in [-0.4, -0.2) is 38.4 Å². The quantitative estimate of drug-likeness (QED) is 0.764. The lowest BCUT2D eigenvalue weighted by Crippen LogP contribution is -2.43. The summed E-state index contributed by atoms with van der Waals surface area (Å²) in [5.74, 6) is -1.55. The molecule has 0 atom stereocenters. The van der Waals surface area contributed by atoms with Gasteiger partial charge in [0, 0.05) is 37.5 Å². The van der Waals surface area contributed by atoms with Gasteiger partial charge in [-0.3, -0.25) is 0 Å². The molecule has 2 aliphatic rings. The standard InChI is InChI=1S/C19H28F2N2O/c20-18-7-6-16(14-19(18)21)23-11-8-15(9-12-23)22-10-3-13-24-17-4-1-2-5-17/h6-7,14-15,17,22H,1-5,8-13H2. The van der Waals surface area contributed by atoms with Crippen LogP contribution in [0.15, 0.2) is 18.2 Å². The van der Waals surface area contributed by atoms with Crippen LogP contribution in [-0.2, 0) is 4.74 Å². The Hall–Kier alpha value is -1.20. The van der Waals surface area contributed by atoms with Crippen molar-refractivity contribution in [3.63, 3.8) is 0 Å². The maximum absolute atomic E-state index is 13.3. The highest BCUT2D eigenvalue weighted by Crippen LogP contribution is 2.22. The molecule has 0 unspecified atom stereocenters. The topological polar surface area (TPSA) is 24.5 Å². The molecule has 1 heterocycles. The number of piperidine rings is 1. The molecule has 134 valence electrons. The van der Waals surface area contributed by atoms with Crippen molar-refractivity contribution in [2.24, 2.45) is 0 Å². The highest BCUT2D eigenvalue weighted by atomic mass is 19.2. The molecule has 1 saturated heterocycles. The molecule has 1 saturated carbocycles. The third-order valence-corrected chi connectivity index (χ3v) is 5.17. The highest BCUT2D eigenvalue weighted by Gasteiger charge is 2.20. The third-order valence-electron chi connectivity index (χ3n) is 5.17. The average Bonchev–Trinajstić information content (AvgIpc) is 3.11. The second-order valence-corrected chi connectivity index (χ2v) is 6.94. The normalized spacial score (nSPS) is 20.0. The first kappa shape index (κ1) is 17.6. The molecule has 24 heavy (non-hydrogen) atoms. The summed E-state index contributed by atoms with van der Waals surface area (Å²) in [6.07, 6.45) is 8.72. The summed E-state index contributed by atoms with van der Waals surface area (Å²) in [5.41, 5.74) is 0.775. The Morgan fingerprint density at radius 1 is 1.04 bits per heavy atom. The van der Waals surface area contributed by atoms with E-state index in [1.165, 1.54) is 37.8 Å². The summed E-state index contributed by atoms with van der Waals surface area (Å²) in [5, 5.41) is 3.60. The van der Waals surface area contributed by atoms with Gasteiger partial charge in [0.15, 0.2) is 11.6 Å².